The highest BCUT2D eigenvalue weighted by atomic mass is 79.9. The van der Waals surface area contributed by atoms with Crippen molar-refractivity contribution in [3.05, 3.63) is 22.9 Å². The third-order valence-electron chi connectivity index (χ3n) is 3.49. The molecule has 1 fully saturated rings. The van der Waals surface area contributed by atoms with Crippen molar-refractivity contribution in [3.63, 3.8) is 0 Å². The third-order valence-corrected chi connectivity index (χ3v) is 3.82. The predicted molar refractivity (Wildman–Crippen MR) is 78.6 cm³/mol. The molecule has 20 heavy (non-hydrogen) atoms. The number of ether oxygens (including phenoxy) is 1. The maximum atomic E-state index is 11.4. The highest BCUT2D eigenvalue weighted by Crippen LogP contribution is 2.19. The molecule has 3 rings (SSSR count). The molecule has 0 amide bonds. The Morgan fingerprint density at radius 3 is 3.00 bits per heavy atom. The first kappa shape index (κ1) is 13.6. The molecular weight excluding hydrogens is 326 g/mol. The van der Waals surface area contributed by atoms with Crippen molar-refractivity contribution in [1.82, 2.24) is 19.6 Å². The Bertz CT molecular complexity index is 632. The van der Waals surface area contributed by atoms with Crippen molar-refractivity contribution in [2.75, 3.05) is 29.9 Å². The first-order valence-electron chi connectivity index (χ1n) is 6.63. The fourth-order valence-corrected chi connectivity index (χ4v) is 2.62. The topological polar surface area (TPSA) is 75.5 Å². The highest BCUT2D eigenvalue weighted by Gasteiger charge is 2.20. The average molecular weight is 342 g/mol. The number of aromatic amines is 1. The average Bonchev–Trinajstić information content (AvgIpc) is 2.86. The molecule has 1 saturated heterocycles. The number of hydrogen-bond donors (Lipinski definition) is 1. The van der Waals surface area contributed by atoms with Crippen molar-refractivity contribution in [1.29, 1.82) is 0 Å². The summed E-state index contributed by atoms with van der Waals surface area (Å²) in [6.45, 7) is 2.57. The maximum absolute atomic E-state index is 11.4. The number of nitrogens with one attached hydrogen (secondary N) is 1. The van der Waals surface area contributed by atoms with Crippen molar-refractivity contribution in [2.24, 2.45) is 0 Å². The number of fused-ring (bicyclic) bond motifs is 1. The van der Waals surface area contributed by atoms with Crippen LogP contribution in [0.1, 0.15) is 12.8 Å². The van der Waals surface area contributed by atoms with Gasteiger partial charge >= 0.3 is 5.69 Å². The second-order valence-corrected chi connectivity index (χ2v) is 5.54. The molecule has 0 atom stereocenters. The van der Waals surface area contributed by atoms with Crippen molar-refractivity contribution in [3.8, 4) is 0 Å². The van der Waals surface area contributed by atoms with E-state index < -0.39 is 0 Å². The van der Waals surface area contributed by atoms with Crippen LogP contribution >= 0.6 is 15.9 Å². The SMILES string of the molecule is O=c1[nH]nc2cc(N3CCC(OCCBr)CC3)ncn12. The standard InChI is InChI=1S/C12H16BrN5O2/c13-3-6-20-9-1-4-17(5-2-9)10-7-11-15-16-12(19)18(11)8-14-10/h7-9H,1-6H2,(H,16,19). The number of halogens is 1. The molecule has 0 radical (unpaired) electrons. The van der Waals surface area contributed by atoms with Crippen LogP contribution in [0.5, 0.6) is 0 Å². The van der Waals surface area contributed by atoms with E-state index >= 15 is 0 Å². The molecule has 8 heteroatoms. The molecule has 0 saturated carbocycles. The van der Waals surface area contributed by atoms with Crippen LogP contribution < -0.4 is 10.6 Å². The van der Waals surface area contributed by atoms with E-state index in [2.05, 4.69) is 36.0 Å². The molecule has 2 aromatic heterocycles. The minimum Gasteiger partial charge on any atom is -0.377 e. The van der Waals surface area contributed by atoms with Gasteiger partial charge in [0.05, 0.1) is 12.7 Å². The molecule has 1 aliphatic rings. The number of H-pyrrole nitrogens is 1. The summed E-state index contributed by atoms with van der Waals surface area (Å²) in [6, 6.07) is 1.83. The summed E-state index contributed by atoms with van der Waals surface area (Å²) < 4.78 is 7.13. The zero-order chi connectivity index (χ0) is 13.9. The van der Waals surface area contributed by atoms with Gasteiger partial charge in [0.2, 0.25) is 0 Å². The second kappa shape index (κ2) is 5.92. The minimum absolute atomic E-state index is 0.263. The van der Waals surface area contributed by atoms with E-state index in [0.29, 0.717) is 11.8 Å². The number of nitrogens with zero attached hydrogens (tertiary/aromatic N) is 4. The molecule has 0 spiro atoms. The molecule has 0 unspecified atom stereocenters. The van der Waals surface area contributed by atoms with Gasteiger partial charge < -0.3 is 9.64 Å². The van der Waals surface area contributed by atoms with Crippen molar-refractivity contribution >= 4 is 27.4 Å². The van der Waals surface area contributed by atoms with Crippen LogP contribution in [-0.4, -0.2) is 50.7 Å². The normalized spacial score (nSPS) is 16.9. The molecular formula is C12H16BrN5O2. The number of hydrogen-bond acceptors (Lipinski definition) is 5. The number of piperidine rings is 1. The van der Waals surface area contributed by atoms with E-state index in [1.165, 1.54) is 10.7 Å². The van der Waals surface area contributed by atoms with Crippen LogP contribution in [0.15, 0.2) is 17.2 Å². The lowest BCUT2D eigenvalue weighted by molar-refractivity contribution is 0.0480. The smallest absolute Gasteiger partial charge is 0.348 e. The van der Waals surface area contributed by atoms with Crippen LogP contribution in [0.4, 0.5) is 5.82 Å². The molecule has 0 aromatic carbocycles. The Morgan fingerprint density at radius 1 is 1.45 bits per heavy atom. The van der Waals surface area contributed by atoms with Crippen LogP contribution in [0, 0.1) is 0 Å². The van der Waals surface area contributed by atoms with Crippen molar-refractivity contribution in [2.45, 2.75) is 18.9 Å². The molecule has 0 aliphatic carbocycles. The minimum atomic E-state index is -0.263. The molecule has 1 N–H and O–H groups in total. The zero-order valence-electron chi connectivity index (χ0n) is 11.0. The van der Waals surface area contributed by atoms with Crippen LogP contribution in [0.2, 0.25) is 0 Å². The summed E-state index contributed by atoms with van der Waals surface area (Å²) in [5.41, 5.74) is 0.332. The van der Waals surface area contributed by atoms with Crippen molar-refractivity contribution < 1.29 is 4.74 Å². The first-order valence-corrected chi connectivity index (χ1v) is 7.75. The van der Waals surface area contributed by atoms with Crippen LogP contribution in [0.3, 0.4) is 0 Å². The summed E-state index contributed by atoms with van der Waals surface area (Å²) in [4.78, 5) is 17.9. The van der Waals surface area contributed by atoms with E-state index in [-0.39, 0.29) is 5.69 Å². The Morgan fingerprint density at radius 2 is 2.25 bits per heavy atom. The van der Waals surface area contributed by atoms with E-state index in [0.717, 1.165) is 43.7 Å². The lowest BCUT2D eigenvalue weighted by Gasteiger charge is -2.32. The van der Waals surface area contributed by atoms with Gasteiger partial charge in [0.1, 0.15) is 12.1 Å². The summed E-state index contributed by atoms with van der Waals surface area (Å²) in [6.07, 6.45) is 3.84. The summed E-state index contributed by atoms with van der Waals surface area (Å²) >= 11 is 3.37. The van der Waals surface area contributed by atoms with E-state index in [9.17, 15) is 4.79 Å². The van der Waals surface area contributed by atoms with Gasteiger partial charge in [-0.1, -0.05) is 15.9 Å². The van der Waals surface area contributed by atoms with Gasteiger partial charge in [-0.25, -0.2) is 19.3 Å². The second-order valence-electron chi connectivity index (χ2n) is 4.75. The lowest BCUT2D eigenvalue weighted by atomic mass is 10.1. The predicted octanol–water partition coefficient (Wildman–Crippen LogP) is 0.798. The van der Waals surface area contributed by atoms with Gasteiger partial charge in [0, 0.05) is 24.5 Å². The first-order chi connectivity index (χ1) is 9.78. The lowest BCUT2D eigenvalue weighted by Crippen LogP contribution is -2.37. The molecule has 1 aliphatic heterocycles. The fraction of sp³-hybridized carbons (Fsp3) is 0.583. The zero-order valence-corrected chi connectivity index (χ0v) is 12.5. The number of rotatable bonds is 4. The molecule has 3 heterocycles. The number of anilines is 1. The Kier molecular flexibility index (Phi) is 4.02. The maximum Gasteiger partial charge on any atom is 0.348 e. The highest BCUT2D eigenvalue weighted by molar-refractivity contribution is 9.09. The van der Waals surface area contributed by atoms with Gasteiger partial charge in [-0.15, -0.1) is 0 Å². The largest absolute Gasteiger partial charge is 0.377 e. The molecule has 7 nitrogen and oxygen atoms in total. The quantitative estimate of drug-likeness (QED) is 0.832. The third kappa shape index (κ3) is 2.71. The molecule has 2 aromatic rings. The Balaban J connectivity index is 1.68. The molecule has 108 valence electrons. The Labute approximate surface area is 124 Å². The summed E-state index contributed by atoms with van der Waals surface area (Å²) in [5, 5.41) is 7.24. The van der Waals surface area contributed by atoms with Gasteiger partial charge in [-0.2, -0.15) is 5.10 Å². The summed E-state index contributed by atoms with van der Waals surface area (Å²) in [7, 11) is 0. The fourth-order valence-electron chi connectivity index (χ4n) is 2.44. The van der Waals surface area contributed by atoms with Gasteiger partial charge in [-0.05, 0) is 12.8 Å². The van der Waals surface area contributed by atoms with E-state index in [1.807, 2.05) is 6.07 Å². The Hall–Kier alpha value is -1.41. The number of aromatic nitrogens is 4. The van der Waals surface area contributed by atoms with Gasteiger partial charge in [0.25, 0.3) is 0 Å². The van der Waals surface area contributed by atoms with E-state index in [4.69, 9.17) is 4.74 Å². The van der Waals surface area contributed by atoms with Crippen LogP contribution in [-0.2, 0) is 4.74 Å². The van der Waals surface area contributed by atoms with E-state index in [1.54, 1.807) is 0 Å². The molecule has 0 bridgehead atoms. The van der Waals surface area contributed by atoms with Gasteiger partial charge in [0.15, 0.2) is 5.65 Å². The van der Waals surface area contributed by atoms with Gasteiger partial charge in [-0.3, -0.25) is 0 Å². The monoisotopic (exact) mass is 341 g/mol. The number of alkyl halides is 1. The summed E-state index contributed by atoms with van der Waals surface area (Å²) in [5.74, 6) is 0.857. The van der Waals surface area contributed by atoms with Crippen LogP contribution in [0.25, 0.3) is 5.65 Å².